The summed E-state index contributed by atoms with van der Waals surface area (Å²) in [5.74, 6) is -2.34. The van der Waals surface area contributed by atoms with Crippen LogP contribution in [0.25, 0.3) is 0 Å². The lowest BCUT2D eigenvalue weighted by Crippen LogP contribution is -2.45. The topological polar surface area (TPSA) is 180 Å². The molecule has 2 rings (SSSR count). The molecule has 178 valence electrons. The van der Waals surface area contributed by atoms with Gasteiger partial charge in [-0.1, -0.05) is 0 Å². The molecule has 0 saturated heterocycles. The lowest BCUT2D eigenvalue weighted by Gasteiger charge is -2.29. The van der Waals surface area contributed by atoms with Crippen LogP contribution in [0.5, 0.6) is 0 Å². The maximum atomic E-state index is 13.0. The van der Waals surface area contributed by atoms with Crippen molar-refractivity contribution in [1.82, 2.24) is 9.80 Å². The predicted molar refractivity (Wildman–Crippen MR) is 108 cm³/mol. The minimum Gasteiger partial charge on any atom is -0.337 e. The highest BCUT2D eigenvalue weighted by molar-refractivity contribution is 6.23. The molecular weight excluding hydrogens is 444 g/mol. The lowest BCUT2D eigenvalue weighted by atomic mass is 9.98. The zero-order valence-electron chi connectivity index (χ0n) is 18.4. The Kier molecular flexibility index (Phi) is 7.31. The molecule has 0 bridgehead atoms. The molecule has 1 aromatic rings. The van der Waals surface area contributed by atoms with Crippen molar-refractivity contribution in [2.24, 2.45) is 0 Å². The maximum Gasteiger partial charge on any atom is 0.294 e. The first-order chi connectivity index (χ1) is 15.3. The zero-order chi connectivity index (χ0) is 25.2. The van der Waals surface area contributed by atoms with Crippen molar-refractivity contribution in [2.45, 2.75) is 52.0 Å². The Morgan fingerprint density at radius 2 is 1.48 bits per heavy atom. The molecule has 14 nitrogen and oxygen atoms in total. The van der Waals surface area contributed by atoms with Crippen LogP contribution in [-0.2, 0) is 9.68 Å². The highest BCUT2D eigenvalue weighted by atomic mass is 17.0. The summed E-state index contributed by atoms with van der Waals surface area (Å²) in [4.78, 5) is 82.4. The number of likely N-dealkylation sites (N-methyl/N-ethyl adjacent to an activating group) is 1. The van der Waals surface area contributed by atoms with Gasteiger partial charge in [0.25, 0.3) is 27.9 Å². The summed E-state index contributed by atoms with van der Waals surface area (Å²) in [6.45, 7) is 5.58. The highest BCUT2D eigenvalue weighted by Gasteiger charge is 2.42. The molecule has 1 aliphatic heterocycles. The molecule has 0 saturated carbocycles. The van der Waals surface area contributed by atoms with Crippen molar-refractivity contribution in [3.05, 3.63) is 54.6 Å². The zero-order valence-corrected chi connectivity index (χ0v) is 18.4. The molecule has 14 heteroatoms. The van der Waals surface area contributed by atoms with Gasteiger partial charge in [0.15, 0.2) is 6.29 Å². The van der Waals surface area contributed by atoms with Crippen LogP contribution in [0.1, 0.15) is 69.1 Å². The fraction of sp³-hybridized carbons (Fsp3) is 0.474. The highest BCUT2D eigenvalue weighted by Crippen LogP contribution is 2.29. The van der Waals surface area contributed by atoms with Gasteiger partial charge in [0.1, 0.15) is 12.2 Å². The van der Waals surface area contributed by atoms with E-state index < -0.39 is 52.2 Å². The molecule has 0 aromatic heterocycles. The first kappa shape index (κ1) is 25.2. The van der Waals surface area contributed by atoms with Crippen LogP contribution < -0.4 is 0 Å². The molecule has 0 spiro atoms. The number of carbonyl (C=O) groups excluding carboxylic acids is 4. The van der Waals surface area contributed by atoms with Crippen molar-refractivity contribution in [3.8, 4) is 0 Å². The summed E-state index contributed by atoms with van der Waals surface area (Å²) in [5, 5.41) is 19.2. The standard InChI is InChI=1S/C19H22N4O10/c1-9(11(3)32-22(28)29)20(5)17(25)14-7-16-15(6-13(14)8-24)18(26)21(19(16)27)10(2)12(4)33-23(30)31/h6-12H,1-5H3. The minimum atomic E-state index is -1.14. The van der Waals surface area contributed by atoms with Gasteiger partial charge in [-0.3, -0.25) is 24.1 Å². The lowest BCUT2D eigenvalue weighted by molar-refractivity contribution is -0.768. The van der Waals surface area contributed by atoms with Crippen LogP contribution in [0, 0.1) is 20.2 Å². The van der Waals surface area contributed by atoms with E-state index >= 15 is 0 Å². The van der Waals surface area contributed by atoms with Crippen LogP contribution in [0.3, 0.4) is 0 Å². The number of carbonyl (C=O) groups is 4. The Bertz CT molecular complexity index is 1030. The number of rotatable bonds is 10. The average molecular weight is 466 g/mol. The number of imide groups is 1. The Balaban J connectivity index is 2.41. The molecule has 0 aliphatic carbocycles. The molecule has 0 N–H and O–H groups in total. The minimum absolute atomic E-state index is 0.139. The third kappa shape index (κ3) is 4.88. The molecule has 4 atom stereocenters. The number of benzene rings is 1. The fourth-order valence-electron chi connectivity index (χ4n) is 3.32. The number of hydrogen-bond acceptors (Lipinski definition) is 10. The number of hydrogen-bond donors (Lipinski definition) is 0. The van der Waals surface area contributed by atoms with E-state index in [9.17, 15) is 39.4 Å². The second-order valence-corrected chi connectivity index (χ2v) is 7.55. The molecule has 1 aromatic carbocycles. The van der Waals surface area contributed by atoms with E-state index in [1.54, 1.807) is 0 Å². The van der Waals surface area contributed by atoms with E-state index in [1.165, 1.54) is 34.7 Å². The summed E-state index contributed by atoms with van der Waals surface area (Å²) in [7, 11) is 1.34. The maximum absolute atomic E-state index is 13.0. The van der Waals surface area contributed by atoms with Crippen LogP contribution in [-0.4, -0.2) is 75.3 Å². The van der Waals surface area contributed by atoms with Crippen molar-refractivity contribution in [3.63, 3.8) is 0 Å². The molecule has 3 amide bonds. The molecule has 1 aliphatic rings. The Labute approximate surface area is 187 Å². The summed E-state index contributed by atoms with van der Waals surface area (Å²) in [6.07, 6.45) is -1.79. The molecule has 1 heterocycles. The number of amides is 3. The first-order valence-corrected chi connectivity index (χ1v) is 9.72. The summed E-state index contributed by atoms with van der Waals surface area (Å²) >= 11 is 0. The molecule has 4 unspecified atom stereocenters. The van der Waals surface area contributed by atoms with E-state index in [0.29, 0.717) is 6.29 Å². The van der Waals surface area contributed by atoms with Crippen LogP contribution in [0.2, 0.25) is 0 Å². The quantitative estimate of drug-likeness (QED) is 0.210. The Hall–Kier alpha value is -4.10. The molecule has 0 radical (unpaired) electrons. The van der Waals surface area contributed by atoms with Gasteiger partial charge in [-0.15, -0.1) is 20.2 Å². The van der Waals surface area contributed by atoms with Gasteiger partial charge in [-0.05, 0) is 39.8 Å². The molecule has 0 fully saturated rings. The van der Waals surface area contributed by atoms with E-state index in [-0.39, 0.29) is 22.3 Å². The summed E-state index contributed by atoms with van der Waals surface area (Å²) in [6, 6.07) is 0.376. The van der Waals surface area contributed by atoms with Gasteiger partial charge < -0.3 is 14.6 Å². The average Bonchev–Trinajstić information content (AvgIpc) is 2.98. The van der Waals surface area contributed by atoms with Gasteiger partial charge >= 0.3 is 0 Å². The van der Waals surface area contributed by atoms with Gasteiger partial charge in [0.05, 0.1) is 28.8 Å². The normalized spacial score (nSPS) is 16.3. The monoisotopic (exact) mass is 466 g/mol. The second-order valence-electron chi connectivity index (χ2n) is 7.55. The first-order valence-electron chi connectivity index (χ1n) is 9.72. The SMILES string of the molecule is CC(O[N+](=O)[O-])C(C)N(C)C(=O)c1cc2c(cc1C=O)C(=O)N(C(C)C(C)O[N+](=O)[O-])C2=O. The van der Waals surface area contributed by atoms with Crippen LogP contribution >= 0.6 is 0 Å². The Morgan fingerprint density at radius 1 is 1.00 bits per heavy atom. The summed E-state index contributed by atoms with van der Waals surface area (Å²) < 4.78 is 0. The third-order valence-corrected chi connectivity index (χ3v) is 5.65. The van der Waals surface area contributed by atoms with Crippen molar-refractivity contribution in [2.75, 3.05) is 7.05 Å². The fourth-order valence-corrected chi connectivity index (χ4v) is 3.32. The molecule has 33 heavy (non-hydrogen) atoms. The van der Waals surface area contributed by atoms with Gasteiger partial charge in [0.2, 0.25) is 0 Å². The van der Waals surface area contributed by atoms with Crippen molar-refractivity contribution >= 4 is 24.0 Å². The number of aldehydes is 1. The van der Waals surface area contributed by atoms with E-state index in [2.05, 4.69) is 9.68 Å². The molecular formula is C19H22N4O10. The van der Waals surface area contributed by atoms with Gasteiger partial charge in [0, 0.05) is 12.6 Å². The summed E-state index contributed by atoms with van der Waals surface area (Å²) in [5.41, 5.74) is -0.674. The van der Waals surface area contributed by atoms with E-state index in [4.69, 9.17) is 0 Å². The smallest absolute Gasteiger partial charge is 0.294 e. The van der Waals surface area contributed by atoms with E-state index in [1.807, 2.05) is 0 Å². The number of nitrogens with zero attached hydrogens (tertiary/aromatic N) is 4. The van der Waals surface area contributed by atoms with Crippen molar-refractivity contribution in [1.29, 1.82) is 0 Å². The van der Waals surface area contributed by atoms with Gasteiger partial charge in [-0.2, -0.15) is 0 Å². The van der Waals surface area contributed by atoms with Crippen molar-refractivity contribution < 1.29 is 39.0 Å². The number of fused-ring (bicyclic) bond motifs is 1. The van der Waals surface area contributed by atoms with Gasteiger partial charge in [-0.25, -0.2) is 0 Å². The van der Waals surface area contributed by atoms with E-state index in [0.717, 1.165) is 21.9 Å². The predicted octanol–water partition coefficient (Wildman–Crippen LogP) is 1.14. The largest absolute Gasteiger partial charge is 0.337 e. The Morgan fingerprint density at radius 3 is 1.97 bits per heavy atom. The van der Waals surface area contributed by atoms with Crippen LogP contribution in [0.4, 0.5) is 0 Å². The second kappa shape index (κ2) is 9.58. The third-order valence-electron chi connectivity index (χ3n) is 5.65. The van der Waals surface area contributed by atoms with Crippen LogP contribution in [0.15, 0.2) is 12.1 Å².